The molecular formula is C9H6Cl2N2. The van der Waals surface area contributed by atoms with Crippen LogP contribution in [0.15, 0.2) is 36.9 Å². The first-order chi connectivity index (χ1) is 6.29. The van der Waals surface area contributed by atoms with Gasteiger partial charge in [-0.25, -0.2) is 4.98 Å². The molecule has 0 unspecified atom stereocenters. The molecule has 1 heterocycles. The minimum absolute atomic E-state index is 0.544. The number of imidazole rings is 1. The smallest absolute Gasteiger partial charge is 0.0992 e. The molecule has 2 rings (SSSR count). The summed E-state index contributed by atoms with van der Waals surface area (Å²) < 4.78 is 1.81. The van der Waals surface area contributed by atoms with Gasteiger partial charge in [-0.1, -0.05) is 29.3 Å². The van der Waals surface area contributed by atoms with Crippen LogP contribution in [-0.2, 0) is 0 Å². The molecule has 2 aromatic rings. The average Bonchev–Trinajstić information content (AvgIpc) is 2.62. The molecule has 0 aliphatic carbocycles. The van der Waals surface area contributed by atoms with E-state index in [1.165, 1.54) is 0 Å². The fourth-order valence-corrected chi connectivity index (χ4v) is 1.49. The minimum atomic E-state index is 0.544. The maximum absolute atomic E-state index is 6.00. The van der Waals surface area contributed by atoms with Crippen LogP contribution in [0.5, 0.6) is 0 Å². The Labute approximate surface area is 85.7 Å². The topological polar surface area (TPSA) is 17.8 Å². The number of rotatable bonds is 1. The molecule has 0 spiro atoms. The van der Waals surface area contributed by atoms with Gasteiger partial charge in [0.25, 0.3) is 0 Å². The van der Waals surface area contributed by atoms with E-state index in [0.29, 0.717) is 10.0 Å². The summed E-state index contributed by atoms with van der Waals surface area (Å²) in [5.41, 5.74) is 0.840. The second-order valence-electron chi connectivity index (χ2n) is 2.54. The molecule has 0 saturated heterocycles. The lowest BCUT2D eigenvalue weighted by atomic mass is 10.3. The fraction of sp³-hybridized carbons (Fsp3) is 0. The van der Waals surface area contributed by atoms with Crippen molar-refractivity contribution in [2.45, 2.75) is 0 Å². The van der Waals surface area contributed by atoms with Crippen molar-refractivity contribution in [2.75, 3.05) is 0 Å². The number of halogens is 2. The van der Waals surface area contributed by atoms with Crippen LogP contribution in [0, 0.1) is 0 Å². The number of nitrogens with zero attached hydrogens (tertiary/aromatic N) is 2. The predicted molar refractivity (Wildman–Crippen MR) is 53.6 cm³/mol. The van der Waals surface area contributed by atoms with E-state index in [1.54, 1.807) is 18.6 Å². The summed E-state index contributed by atoms with van der Waals surface area (Å²) in [4.78, 5) is 3.93. The second-order valence-corrected chi connectivity index (χ2v) is 3.33. The van der Waals surface area contributed by atoms with Crippen molar-refractivity contribution in [3.63, 3.8) is 0 Å². The van der Waals surface area contributed by atoms with Crippen molar-refractivity contribution in [1.29, 1.82) is 0 Å². The van der Waals surface area contributed by atoms with E-state index in [-0.39, 0.29) is 0 Å². The second kappa shape index (κ2) is 3.40. The third-order valence-electron chi connectivity index (χ3n) is 1.71. The summed E-state index contributed by atoms with van der Waals surface area (Å²) in [6, 6.07) is 5.49. The van der Waals surface area contributed by atoms with Crippen molar-refractivity contribution in [1.82, 2.24) is 9.55 Å². The number of aromatic nitrogens is 2. The molecule has 1 aromatic heterocycles. The van der Waals surface area contributed by atoms with Crippen LogP contribution in [-0.4, -0.2) is 9.55 Å². The van der Waals surface area contributed by atoms with Crippen molar-refractivity contribution in [3.8, 4) is 5.69 Å². The monoisotopic (exact) mass is 212 g/mol. The summed E-state index contributed by atoms with van der Waals surface area (Å²) >= 11 is 11.9. The van der Waals surface area contributed by atoms with Gasteiger partial charge in [-0.15, -0.1) is 0 Å². The van der Waals surface area contributed by atoms with Gasteiger partial charge in [0.1, 0.15) is 0 Å². The first-order valence-corrected chi connectivity index (χ1v) is 4.47. The molecule has 13 heavy (non-hydrogen) atoms. The Morgan fingerprint density at radius 1 is 1.23 bits per heavy atom. The van der Waals surface area contributed by atoms with Gasteiger partial charge < -0.3 is 4.57 Å². The van der Waals surface area contributed by atoms with E-state index in [2.05, 4.69) is 4.98 Å². The van der Waals surface area contributed by atoms with Gasteiger partial charge in [-0.2, -0.15) is 0 Å². The van der Waals surface area contributed by atoms with E-state index < -0.39 is 0 Å². The summed E-state index contributed by atoms with van der Waals surface area (Å²) in [7, 11) is 0. The number of hydrogen-bond donors (Lipinski definition) is 0. The quantitative estimate of drug-likeness (QED) is 0.711. The number of benzene rings is 1. The Balaban J connectivity index is 2.59. The Morgan fingerprint density at radius 2 is 2.08 bits per heavy atom. The van der Waals surface area contributed by atoms with Gasteiger partial charge in [0.05, 0.1) is 22.1 Å². The summed E-state index contributed by atoms with van der Waals surface area (Å²) in [5, 5.41) is 1.09. The summed E-state index contributed by atoms with van der Waals surface area (Å²) in [6.45, 7) is 0. The lowest BCUT2D eigenvalue weighted by molar-refractivity contribution is 1.06. The van der Waals surface area contributed by atoms with Crippen molar-refractivity contribution in [3.05, 3.63) is 47.0 Å². The molecule has 4 heteroatoms. The van der Waals surface area contributed by atoms with Gasteiger partial charge in [-0.05, 0) is 12.1 Å². The summed E-state index contributed by atoms with van der Waals surface area (Å²) in [6.07, 6.45) is 5.19. The standard InChI is InChI=1S/C9H6Cl2N2/c10-7-2-1-3-8(9(7)11)13-5-4-12-6-13/h1-6H. The minimum Gasteiger partial charge on any atom is -0.305 e. The van der Waals surface area contributed by atoms with E-state index in [1.807, 2.05) is 22.9 Å². The maximum Gasteiger partial charge on any atom is 0.0992 e. The molecule has 0 atom stereocenters. The van der Waals surface area contributed by atoms with E-state index in [0.717, 1.165) is 5.69 Å². The zero-order chi connectivity index (χ0) is 9.26. The molecule has 0 bridgehead atoms. The average molecular weight is 213 g/mol. The molecule has 0 radical (unpaired) electrons. The van der Waals surface area contributed by atoms with Crippen LogP contribution in [0.3, 0.4) is 0 Å². The molecule has 0 amide bonds. The molecular weight excluding hydrogens is 207 g/mol. The SMILES string of the molecule is Clc1cccc(-n2ccnc2)c1Cl. The highest BCUT2D eigenvalue weighted by molar-refractivity contribution is 6.43. The lowest BCUT2D eigenvalue weighted by Crippen LogP contribution is -1.90. The Bertz CT molecular complexity index is 410. The van der Waals surface area contributed by atoms with Crippen LogP contribution in [0.1, 0.15) is 0 Å². The van der Waals surface area contributed by atoms with E-state index in [4.69, 9.17) is 23.2 Å². The summed E-state index contributed by atoms with van der Waals surface area (Å²) in [5.74, 6) is 0. The lowest BCUT2D eigenvalue weighted by Gasteiger charge is -2.05. The Hall–Kier alpha value is -0.990. The zero-order valence-corrected chi connectivity index (χ0v) is 8.13. The van der Waals surface area contributed by atoms with Crippen LogP contribution in [0.2, 0.25) is 10.0 Å². The van der Waals surface area contributed by atoms with Gasteiger partial charge in [0.15, 0.2) is 0 Å². The molecule has 0 aliphatic rings. The predicted octanol–water partition coefficient (Wildman–Crippen LogP) is 3.18. The zero-order valence-electron chi connectivity index (χ0n) is 6.61. The van der Waals surface area contributed by atoms with Gasteiger partial charge in [0.2, 0.25) is 0 Å². The molecule has 2 nitrogen and oxygen atoms in total. The molecule has 0 N–H and O–H groups in total. The molecule has 1 aromatic carbocycles. The molecule has 0 fully saturated rings. The largest absolute Gasteiger partial charge is 0.305 e. The van der Waals surface area contributed by atoms with Crippen molar-refractivity contribution < 1.29 is 0 Å². The molecule has 0 saturated carbocycles. The number of hydrogen-bond acceptors (Lipinski definition) is 1. The van der Waals surface area contributed by atoms with Crippen LogP contribution >= 0.6 is 23.2 Å². The third-order valence-corrected chi connectivity index (χ3v) is 2.52. The van der Waals surface area contributed by atoms with Crippen LogP contribution in [0.25, 0.3) is 5.69 Å². The third kappa shape index (κ3) is 1.55. The fourth-order valence-electron chi connectivity index (χ4n) is 1.09. The Kier molecular flexibility index (Phi) is 2.25. The van der Waals surface area contributed by atoms with Gasteiger partial charge in [-0.3, -0.25) is 0 Å². The highest BCUT2D eigenvalue weighted by Gasteiger charge is 2.04. The van der Waals surface area contributed by atoms with E-state index >= 15 is 0 Å². The van der Waals surface area contributed by atoms with Gasteiger partial charge >= 0.3 is 0 Å². The van der Waals surface area contributed by atoms with Crippen molar-refractivity contribution in [2.24, 2.45) is 0 Å². The normalized spacial score (nSPS) is 10.3. The molecule has 66 valence electrons. The van der Waals surface area contributed by atoms with Crippen LogP contribution in [0.4, 0.5) is 0 Å². The highest BCUT2D eigenvalue weighted by atomic mass is 35.5. The first-order valence-electron chi connectivity index (χ1n) is 3.71. The molecule has 0 aliphatic heterocycles. The highest BCUT2D eigenvalue weighted by Crippen LogP contribution is 2.27. The van der Waals surface area contributed by atoms with Crippen molar-refractivity contribution >= 4 is 23.2 Å². The first kappa shape index (κ1) is 8.60. The maximum atomic E-state index is 6.00. The van der Waals surface area contributed by atoms with E-state index in [9.17, 15) is 0 Å². The van der Waals surface area contributed by atoms with Gasteiger partial charge in [0, 0.05) is 12.4 Å². The van der Waals surface area contributed by atoms with Crippen LogP contribution < -0.4 is 0 Å². The Morgan fingerprint density at radius 3 is 2.77 bits per heavy atom.